The van der Waals surface area contributed by atoms with E-state index < -0.39 is 6.04 Å². The maximum Gasteiger partial charge on any atom is 0.262 e. The molecule has 0 spiro atoms. The van der Waals surface area contributed by atoms with Crippen molar-refractivity contribution >= 4 is 33.4 Å². The van der Waals surface area contributed by atoms with Gasteiger partial charge in [0.05, 0.1) is 16.6 Å². The van der Waals surface area contributed by atoms with E-state index in [1.165, 1.54) is 11.3 Å². The number of carbonyl (C=O) groups excluding carboxylic acids is 2. The van der Waals surface area contributed by atoms with Crippen LogP contribution in [0.5, 0.6) is 0 Å². The molecule has 1 N–H and O–H groups in total. The first-order chi connectivity index (χ1) is 12.9. The average molecular weight is 385 g/mol. The summed E-state index contributed by atoms with van der Waals surface area (Å²) in [6, 6.07) is 5.32. The van der Waals surface area contributed by atoms with Crippen LogP contribution in [-0.4, -0.2) is 43.6 Å². The lowest BCUT2D eigenvalue weighted by molar-refractivity contribution is -0.136. The number of aryl methyl sites for hydroxylation is 2. The van der Waals surface area contributed by atoms with Gasteiger partial charge in [-0.05, 0) is 39.0 Å². The maximum atomic E-state index is 12.9. The van der Waals surface area contributed by atoms with Crippen molar-refractivity contribution in [1.82, 2.24) is 24.6 Å². The highest BCUT2D eigenvalue weighted by molar-refractivity contribution is 7.20. The number of rotatable bonds is 3. The molecule has 1 aliphatic heterocycles. The van der Waals surface area contributed by atoms with Crippen molar-refractivity contribution in [3.05, 3.63) is 40.7 Å². The van der Waals surface area contributed by atoms with Gasteiger partial charge in [0.15, 0.2) is 0 Å². The molecule has 0 saturated heterocycles. The summed E-state index contributed by atoms with van der Waals surface area (Å²) in [7, 11) is 1.87. The normalized spacial score (nSPS) is 17.8. The molecule has 142 valence electrons. The minimum absolute atomic E-state index is 0.00125. The van der Waals surface area contributed by atoms with Gasteiger partial charge in [-0.1, -0.05) is 0 Å². The van der Waals surface area contributed by atoms with Crippen LogP contribution in [0.1, 0.15) is 40.9 Å². The third-order valence-corrected chi connectivity index (χ3v) is 6.46. The summed E-state index contributed by atoms with van der Waals surface area (Å²) in [4.78, 5) is 29.0. The molecule has 27 heavy (non-hydrogen) atoms. The minimum Gasteiger partial charge on any atom is -0.348 e. The van der Waals surface area contributed by atoms with Crippen LogP contribution in [0.25, 0.3) is 10.2 Å². The molecule has 7 nitrogen and oxygen atoms in total. The summed E-state index contributed by atoms with van der Waals surface area (Å²) in [5.74, 6) is -0.272. The lowest BCUT2D eigenvalue weighted by Crippen LogP contribution is -2.50. The molecular formula is C19H23N5O2S. The lowest BCUT2D eigenvalue weighted by atomic mass is 10.1. The molecule has 0 unspecified atom stereocenters. The largest absolute Gasteiger partial charge is 0.348 e. The number of nitrogens with one attached hydrogen (secondary N) is 1. The van der Waals surface area contributed by atoms with E-state index in [4.69, 9.17) is 0 Å². The van der Waals surface area contributed by atoms with E-state index in [0.717, 1.165) is 28.1 Å². The van der Waals surface area contributed by atoms with E-state index in [-0.39, 0.29) is 17.9 Å². The van der Waals surface area contributed by atoms with Gasteiger partial charge in [0.2, 0.25) is 5.91 Å². The highest BCUT2D eigenvalue weighted by Gasteiger charge is 2.31. The summed E-state index contributed by atoms with van der Waals surface area (Å²) in [5.41, 5.74) is 2.03. The molecule has 0 bridgehead atoms. The summed E-state index contributed by atoms with van der Waals surface area (Å²) in [5, 5.41) is 8.20. The Hall–Kier alpha value is -2.61. The molecule has 0 radical (unpaired) electrons. The summed E-state index contributed by atoms with van der Waals surface area (Å²) < 4.78 is 3.95. The van der Waals surface area contributed by atoms with Gasteiger partial charge in [-0.25, -0.2) is 0 Å². The Kier molecular flexibility index (Phi) is 4.30. The molecule has 4 heterocycles. The van der Waals surface area contributed by atoms with Gasteiger partial charge in [-0.15, -0.1) is 11.3 Å². The first-order valence-corrected chi connectivity index (χ1v) is 9.88. The Bertz CT molecular complexity index is 996. The standard InChI is InChI=1S/C19H23N5O2S/c1-11-14-10-16(27-19(14)22(4)21-11)17(25)20-12(2)18(26)24-9-8-23-7-5-6-15(23)13(24)3/h5-7,10,12-13H,8-9H2,1-4H3,(H,20,25)/t12-,13+/m0/s1. The smallest absolute Gasteiger partial charge is 0.262 e. The van der Waals surface area contributed by atoms with Crippen LogP contribution in [0.15, 0.2) is 24.4 Å². The lowest BCUT2D eigenvalue weighted by Gasteiger charge is -2.36. The fourth-order valence-corrected chi connectivity index (χ4v) is 4.80. The van der Waals surface area contributed by atoms with Crippen molar-refractivity contribution in [3.63, 3.8) is 0 Å². The van der Waals surface area contributed by atoms with Gasteiger partial charge >= 0.3 is 0 Å². The number of hydrogen-bond donors (Lipinski definition) is 1. The summed E-state index contributed by atoms with van der Waals surface area (Å²) >= 11 is 1.39. The number of carbonyl (C=O) groups is 2. The molecule has 4 rings (SSSR count). The third kappa shape index (κ3) is 2.93. The van der Waals surface area contributed by atoms with E-state index in [2.05, 4.69) is 15.0 Å². The molecule has 2 atom stereocenters. The predicted octanol–water partition coefficient (Wildman–Crippen LogP) is 2.47. The highest BCUT2D eigenvalue weighted by atomic mass is 32.1. The Balaban J connectivity index is 1.48. The average Bonchev–Trinajstić information content (AvgIpc) is 3.33. The summed E-state index contributed by atoms with van der Waals surface area (Å²) in [6.07, 6.45) is 2.04. The first-order valence-electron chi connectivity index (χ1n) is 9.06. The number of amides is 2. The molecule has 1 aliphatic rings. The number of thiophene rings is 1. The third-order valence-electron chi connectivity index (χ3n) is 5.26. The molecule has 0 aliphatic carbocycles. The number of nitrogens with zero attached hydrogens (tertiary/aromatic N) is 4. The van der Waals surface area contributed by atoms with Gasteiger partial charge in [0.1, 0.15) is 10.9 Å². The topological polar surface area (TPSA) is 72.2 Å². The molecule has 0 saturated carbocycles. The Morgan fingerprint density at radius 2 is 2.15 bits per heavy atom. The molecular weight excluding hydrogens is 362 g/mol. The molecule has 8 heteroatoms. The number of fused-ring (bicyclic) bond motifs is 2. The highest BCUT2D eigenvalue weighted by Crippen LogP contribution is 2.28. The zero-order valence-electron chi connectivity index (χ0n) is 15.9. The Morgan fingerprint density at radius 3 is 2.89 bits per heavy atom. The molecule has 2 amide bonds. The van der Waals surface area contributed by atoms with E-state index in [9.17, 15) is 9.59 Å². The van der Waals surface area contributed by atoms with Crippen molar-refractivity contribution in [2.45, 2.75) is 39.4 Å². The zero-order chi connectivity index (χ0) is 19.3. The number of hydrogen-bond acceptors (Lipinski definition) is 4. The maximum absolute atomic E-state index is 12.9. The Labute approximate surface area is 161 Å². The second kappa shape index (κ2) is 6.53. The van der Waals surface area contributed by atoms with Crippen LogP contribution in [0, 0.1) is 6.92 Å². The monoisotopic (exact) mass is 385 g/mol. The molecule has 3 aromatic heterocycles. The molecule has 0 aromatic carbocycles. The predicted molar refractivity (Wildman–Crippen MR) is 105 cm³/mol. The van der Waals surface area contributed by atoms with Crippen LogP contribution in [-0.2, 0) is 18.4 Å². The van der Waals surface area contributed by atoms with Crippen LogP contribution in [0.4, 0.5) is 0 Å². The van der Waals surface area contributed by atoms with Crippen molar-refractivity contribution in [1.29, 1.82) is 0 Å². The Morgan fingerprint density at radius 1 is 1.37 bits per heavy atom. The van der Waals surface area contributed by atoms with Gasteiger partial charge in [-0.3, -0.25) is 14.3 Å². The zero-order valence-corrected chi connectivity index (χ0v) is 16.7. The van der Waals surface area contributed by atoms with Gasteiger partial charge in [0.25, 0.3) is 5.91 Å². The van der Waals surface area contributed by atoms with Crippen LogP contribution in [0.2, 0.25) is 0 Å². The van der Waals surface area contributed by atoms with Crippen molar-refractivity contribution < 1.29 is 9.59 Å². The second-order valence-electron chi connectivity index (χ2n) is 7.07. The minimum atomic E-state index is -0.578. The van der Waals surface area contributed by atoms with E-state index in [0.29, 0.717) is 11.4 Å². The van der Waals surface area contributed by atoms with E-state index in [1.54, 1.807) is 11.6 Å². The van der Waals surface area contributed by atoms with Crippen molar-refractivity contribution in [2.75, 3.05) is 6.54 Å². The number of aromatic nitrogens is 3. The fraction of sp³-hybridized carbons (Fsp3) is 0.421. The van der Waals surface area contributed by atoms with Gasteiger partial charge in [-0.2, -0.15) is 5.10 Å². The van der Waals surface area contributed by atoms with E-state index >= 15 is 0 Å². The fourth-order valence-electron chi connectivity index (χ4n) is 3.78. The second-order valence-corrected chi connectivity index (χ2v) is 8.10. The van der Waals surface area contributed by atoms with Crippen molar-refractivity contribution in [3.8, 4) is 0 Å². The van der Waals surface area contributed by atoms with E-state index in [1.807, 2.05) is 50.2 Å². The van der Waals surface area contributed by atoms with Crippen LogP contribution < -0.4 is 5.32 Å². The molecule has 3 aromatic rings. The SMILES string of the molecule is Cc1nn(C)c2sc(C(=O)N[C@@H](C)C(=O)N3CCn4cccc4[C@H]3C)cc12. The van der Waals surface area contributed by atoms with Crippen LogP contribution in [0.3, 0.4) is 0 Å². The first kappa shape index (κ1) is 17.8. The van der Waals surface area contributed by atoms with Gasteiger partial charge < -0.3 is 14.8 Å². The summed E-state index contributed by atoms with van der Waals surface area (Å²) in [6.45, 7) is 7.13. The van der Waals surface area contributed by atoms with Gasteiger partial charge in [0, 0.05) is 37.4 Å². The van der Waals surface area contributed by atoms with Crippen molar-refractivity contribution in [2.24, 2.45) is 7.05 Å². The quantitative estimate of drug-likeness (QED) is 0.753. The molecule has 0 fully saturated rings. The van der Waals surface area contributed by atoms with Crippen LogP contribution >= 0.6 is 11.3 Å².